The van der Waals surface area contributed by atoms with E-state index in [9.17, 15) is 5.26 Å². The van der Waals surface area contributed by atoms with Crippen molar-refractivity contribution in [3.8, 4) is 6.07 Å². The molecule has 0 amide bonds. The van der Waals surface area contributed by atoms with Gasteiger partial charge in [-0.1, -0.05) is 59.6 Å². The van der Waals surface area contributed by atoms with E-state index in [-0.39, 0.29) is 0 Å². The number of halogens is 2. The Bertz CT molecular complexity index is 553. The summed E-state index contributed by atoms with van der Waals surface area (Å²) in [5.74, 6) is 0.658. The summed E-state index contributed by atoms with van der Waals surface area (Å²) in [7, 11) is 0. The lowest BCUT2D eigenvalue weighted by molar-refractivity contribution is 1.06. The molecule has 0 spiro atoms. The summed E-state index contributed by atoms with van der Waals surface area (Å²) in [5.41, 5.74) is 1.69. The van der Waals surface area contributed by atoms with E-state index in [1.165, 1.54) is 0 Å². The van der Waals surface area contributed by atoms with Gasteiger partial charge in [-0.2, -0.15) is 5.26 Å². The lowest BCUT2D eigenvalue weighted by Crippen LogP contribution is -2.02. The van der Waals surface area contributed by atoms with Crippen LogP contribution in [0.1, 0.15) is 11.1 Å². The second kappa shape index (κ2) is 5.91. The van der Waals surface area contributed by atoms with E-state index >= 15 is 0 Å². The van der Waals surface area contributed by atoms with Crippen molar-refractivity contribution in [1.29, 1.82) is 5.26 Å². The van der Waals surface area contributed by atoms with Gasteiger partial charge in [-0.25, -0.2) is 0 Å². The number of nitrogens with zero attached hydrogens (tertiary/aromatic N) is 1. The highest BCUT2D eigenvalue weighted by atomic mass is 35.5. The van der Waals surface area contributed by atoms with Crippen molar-refractivity contribution in [2.75, 3.05) is 0 Å². The SMILES string of the molecule is N#C[C](Cc1c(Cl)cccc1Cl)c1ccccc1. The molecule has 0 saturated carbocycles. The van der Waals surface area contributed by atoms with Crippen LogP contribution in [0.25, 0.3) is 0 Å². The minimum absolute atomic E-state index is 0.443. The van der Waals surface area contributed by atoms with Crippen LogP contribution < -0.4 is 0 Å². The van der Waals surface area contributed by atoms with Crippen molar-refractivity contribution in [2.45, 2.75) is 6.42 Å². The molecule has 0 aromatic heterocycles. The third-order valence-electron chi connectivity index (χ3n) is 2.67. The van der Waals surface area contributed by atoms with Gasteiger partial charge < -0.3 is 0 Å². The molecule has 3 heteroatoms. The molecular formula is C15H10Cl2N. The van der Waals surface area contributed by atoms with Gasteiger partial charge in [-0.3, -0.25) is 0 Å². The third kappa shape index (κ3) is 2.85. The minimum Gasteiger partial charge on any atom is -0.197 e. The van der Waals surface area contributed by atoms with Crippen LogP contribution in [-0.4, -0.2) is 0 Å². The van der Waals surface area contributed by atoms with Crippen LogP contribution in [0, 0.1) is 17.2 Å². The topological polar surface area (TPSA) is 23.8 Å². The fourth-order valence-electron chi connectivity index (χ4n) is 1.72. The van der Waals surface area contributed by atoms with Gasteiger partial charge >= 0.3 is 0 Å². The monoisotopic (exact) mass is 274 g/mol. The smallest absolute Gasteiger partial charge is 0.109 e. The van der Waals surface area contributed by atoms with E-state index in [0.29, 0.717) is 22.4 Å². The summed E-state index contributed by atoms with van der Waals surface area (Å²) in [5, 5.41) is 10.4. The predicted molar refractivity (Wildman–Crippen MR) is 74.6 cm³/mol. The molecule has 0 atom stereocenters. The number of benzene rings is 2. The van der Waals surface area contributed by atoms with Gasteiger partial charge in [0.1, 0.15) is 5.92 Å². The second-order valence-corrected chi connectivity index (χ2v) is 4.65. The average molecular weight is 275 g/mol. The zero-order chi connectivity index (χ0) is 13.0. The van der Waals surface area contributed by atoms with E-state index in [1.54, 1.807) is 18.2 Å². The van der Waals surface area contributed by atoms with Crippen molar-refractivity contribution < 1.29 is 0 Å². The highest BCUT2D eigenvalue weighted by Gasteiger charge is 2.16. The van der Waals surface area contributed by atoms with Gasteiger partial charge in [-0.15, -0.1) is 0 Å². The quantitative estimate of drug-likeness (QED) is 0.797. The molecule has 2 rings (SSSR count). The molecule has 0 unspecified atom stereocenters. The number of hydrogen-bond donors (Lipinski definition) is 0. The maximum Gasteiger partial charge on any atom is 0.109 e. The van der Waals surface area contributed by atoms with Crippen LogP contribution in [0.3, 0.4) is 0 Å². The van der Waals surface area contributed by atoms with Gasteiger partial charge in [0.2, 0.25) is 0 Å². The Labute approximate surface area is 117 Å². The van der Waals surface area contributed by atoms with E-state index in [0.717, 1.165) is 11.1 Å². The molecule has 0 heterocycles. The first-order chi connectivity index (χ1) is 8.72. The Balaban J connectivity index is 2.30. The average Bonchev–Trinajstić information content (AvgIpc) is 2.40. The molecule has 1 nitrogen and oxygen atoms in total. The summed E-state index contributed by atoms with van der Waals surface area (Å²) < 4.78 is 0. The summed E-state index contributed by atoms with van der Waals surface area (Å²) in [6, 6.07) is 17.1. The molecule has 0 aliphatic carbocycles. The van der Waals surface area contributed by atoms with E-state index in [4.69, 9.17) is 23.2 Å². The van der Waals surface area contributed by atoms with Crippen molar-refractivity contribution in [2.24, 2.45) is 0 Å². The lowest BCUT2D eigenvalue weighted by atomic mass is 9.93. The zero-order valence-corrected chi connectivity index (χ0v) is 11.0. The largest absolute Gasteiger partial charge is 0.197 e. The summed E-state index contributed by atoms with van der Waals surface area (Å²) in [6.45, 7) is 0. The normalized spacial score (nSPS) is 10.3. The van der Waals surface area contributed by atoms with Gasteiger partial charge in [-0.05, 0) is 29.7 Å². The van der Waals surface area contributed by atoms with E-state index < -0.39 is 0 Å². The molecule has 0 N–H and O–H groups in total. The molecule has 0 aliphatic rings. The fourth-order valence-corrected chi connectivity index (χ4v) is 2.25. The molecule has 1 radical (unpaired) electrons. The number of hydrogen-bond acceptors (Lipinski definition) is 1. The zero-order valence-electron chi connectivity index (χ0n) is 9.53. The first-order valence-corrected chi connectivity index (χ1v) is 6.22. The van der Waals surface area contributed by atoms with Gasteiger partial charge in [0.15, 0.2) is 0 Å². The van der Waals surface area contributed by atoms with E-state index in [1.807, 2.05) is 30.3 Å². The molecule has 0 bridgehead atoms. The van der Waals surface area contributed by atoms with Gasteiger partial charge in [0.05, 0.1) is 6.07 Å². The molecule has 89 valence electrons. The van der Waals surface area contributed by atoms with Crippen LogP contribution in [0.2, 0.25) is 10.0 Å². The minimum atomic E-state index is 0.443. The third-order valence-corrected chi connectivity index (χ3v) is 3.38. The Hall–Kier alpha value is -1.49. The lowest BCUT2D eigenvalue weighted by Gasteiger charge is -2.11. The predicted octanol–water partition coefficient (Wildman–Crippen LogP) is 4.68. The molecule has 0 aliphatic heterocycles. The van der Waals surface area contributed by atoms with Crippen molar-refractivity contribution in [1.82, 2.24) is 0 Å². The first-order valence-electron chi connectivity index (χ1n) is 5.46. The Morgan fingerprint density at radius 1 is 0.944 bits per heavy atom. The maximum atomic E-state index is 9.25. The summed E-state index contributed by atoms with van der Waals surface area (Å²) in [4.78, 5) is 0. The van der Waals surface area contributed by atoms with Gasteiger partial charge in [0, 0.05) is 10.0 Å². The molecule has 0 fully saturated rings. The van der Waals surface area contributed by atoms with Crippen molar-refractivity contribution in [3.63, 3.8) is 0 Å². The molecule has 2 aromatic carbocycles. The molecular weight excluding hydrogens is 265 g/mol. The van der Waals surface area contributed by atoms with Crippen LogP contribution in [0.4, 0.5) is 0 Å². The first kappa shape index (κ1) is 13.0. The molecule has 2 aromatic rings. The highest BCUT2D eigenvalue weighted by Crippen LogP contribution is 2.29. The van der Waals surface area contributed by atoms with E-state index in [2.05, 4.69) is 6.07 Å². The second-order valence-electron chi connectivity index (χ2n) is 3.83. The van der Waals surface area contributed by atoms with Crippen LogP contribution in [-0.2, 0) is 6.42 Å². The maximum absolute atomic E-state index is 9.25. The Morgan fingerprint density at radius 3 is 2.11 bits per heavy atom. The van der Waals surface area contributed by atoms with Crippen LogP contribution >= 0.6 is 23.2 Å². The highest BCUT2D eigenvalue weighted by molar-refractivity contribution is 6.36. The Kier molecular flexibility index (Phi) is 4.25. The molecule has 0 saturated heterocycles. The van der Waals surface area contributed by atoms with Crippen molar-refractivity contribution in [3.05, 3.63) is 75.6 Å². The molecule has 18 heavy (non-hydrogen) atoms. The number of rotatable bonds is 3. The number of nitriles is 1. The fraction of sp³-hybridized carbons (Fsp3) is 0.0667. The Morgan fingerprint density at radius 2 is 1.56 bits per heavy atom. The van der Waals surface area contributed by atoms with Crippen LogP contribution in [0.15, 0.2) is 48.5 Å². The van der Waals surface area contributed by atoms with Crippen molar-refractivity contribution >= 4 is 23.2 Å². The summed E-state index contributed by atoms with van der Waals surface area (Å²) in [6.07, 6.45) is 0.443. The standard InChI is InChI=1S/C15H10Cl2N/c16-14-7-4-8-15(17)13(14)9-12(10-18)11-5-2-1-3-6-11/h1-8H,9H2. The van der Waals surface area contributed by atoms with Gasteiger partial charge in [0.25, 0.3) is 0 Å². The van der Waals surface area contributed by atoms with Crippen LogP contribution in [0.5, 0.6) is 0 Å². The summed E-state index contributed by atoms with van der Waals surface area (Å²) >= 11 is 12.2.